The van der Waals surface area contributed by atoms with Gasteiger partial charge in [-0.1, -0.05) is 0 Å². The number of hydrogen-bond acceptors (Lipinski definition) is 6. The molecule has 30 heavy (non-hydrogen) atoms. The van der Waals surface area contributed by atoms with Crippen LogP contribution in [0, 0.1) is 0 Å². The quantitative estimate of drug-likeness (QED) is 0.653. The number of aromatic nitrogens is 5. The van der Waals surface area contributed by atoms with Crippen LogP contribution in [-0.2, 0) is 11.8 Å². The van der Waals surface area contributed by atoms with Crippen LogP contribution in [-0.4, -0.2) is 59.7 Å². The Kier molecular flexibility index (Phi) is 4.71. The van der Waals surface area contributed by atoms with Gasteiger partial charge < -0.3 is 14.4 Å². The van der Waals surface area contributed by atoms with Crippen LogP contribution in [0.2, 0.25) is 0 Å². The number of hydrogen-bond donors (Lipinski definition) is 0. The lowest BCUT2D eigenvalue weighted by atomic mass is 9.76. The van der Waals surface area contributed by atoms with E-state index >= 15 is 0 Å². The average molecular weight is 412 g/mol. The summed E-state index contributed by atoms with van der Waals surface area (Å²) in [6.45, 7) is 7.64. The van der Waals surface area contributed by atoms with Crippen molar-refractivity contribution in [2.24, 2.45) is 7.05 Å². The summed E-state index contributed by atoms with van der Waals surface area (Å²) < 4.78 is 15.3. The van der Waals surface area contributed by atoms with Gasteiger partial charge in [0.15, 0.2) is 0 Å². The highest BCUT2D eigenvalue weighted by molar-refractivity contribution is 5.68. The molecule has 1 fully saturated rings. The van der Waals surface area contributed by atoms with E-state index in [-0.39, 0.29) is 12.1 Å². The maximum Gasteiger partial charge on any atom is 0.410 e. The number of carbonyl (C=O) groups is 1. The van der Waals surface area contributed by atoms with Gasteiger partial charge in [0.2, 0.25) is 5.88 Å². The fourth-order valence-corrected chi connectivity index (χ4v) is 3.68. The van der Waals surface area contributed by atoms with Gasteiger partial charge in [-0.25, -0.2) is 14.3 Å². The summed E-state index contributed by atoms with van der Waals surface area (Å²) in [6, 6.07) is 1.94. The first kappa shape index (κ1) is 20.2. The van der Waals surface area contributed by atoms with Crippen molar-refractivity contribution in [2.75, 3.05) is 7.05 Å². The largest absolute Gasteiger partial charge is 0.470 e. The van der Waals surface area contributed by atoms with E-state index < -0.39 is 11.2 Å². The molecule has 0 saturated heterocycles. The summed E-state index contributed by atoms with van der Waals surface area (Å²) in [5.41, 5.74) is 1.49. The van der Waals surface area contributed by atoms with Gasteiger partial charge in [0, 0.05) is 44.7 Å². The maximum atomic E-state index is 12.3. The topological polar surface area (TPSA) is 86.8 Å². The number of nitrogens with zero attached hydrogens (tertiary/aromatic N) is 6. The third kappa shape index (κ3) is 3.96. The van der Waals surface area contributed by atoms with Gasteiger partial charge in [0.25, 0.3) is 0 Å². The van der Waals surface area contributed by atoms with Crippen LogP contribution in [0.3, 0.4) is 0 Å². The zero-order valence-corrected chi connectivity index (χ0v) is 18.3. The summed E-state index contributed by atoms with van der Waals surface area (Å²) in [7, 11) is 3.64. The van der Waals surface area contributed by atoms with Crippen molar-refractivity contribution in [1.29, 1.82) is 0 Å². The van der Waals surface area contributed by atoms with Crippen LogP contribution in [0.15, 0.2) is 30.9 Å². The molecule has 4 rings (SSSR count). The van der Waals surface area contributed by atoms with Crippen LogP contribution in [0.1, 0.15) is 40.5 Å². The minimum atomic E-state index is -0.515. The van der Waals surface area contributed by atoms with E-state index in [1.165, 1.54) is 0 Å². The molecule has 0 radical (unpaired) electrons. The second kappa shape index (κ2) is 7.00. The van der Waals surface area contributed by atoms with E-state index in [9.17, 15) is 4.79 Å². The van der Waals surface area contributed by atoms with Gasteiger partial charge in [-0.15, -0.1) is 0 Å². The van der Waals surface area contributed by atoms with Gasteiger partial charge in [0.1, 0.15) is 16.7 Å². The molecular weight excluding hydrogens is 384 g/mol. The summed E-state index contributed by atoms with van der Waals surface area (Å²) in [5.74, 6) is 0.523. The summed E-state index contributed by atoms with van der Waals surface area (Å²) in [5, 5.41) is 8.57. The monoisotopic (exact) mass is 412 g/mol. The van der Waals surface area contributed by atoms with Gasteiger partial charge in [-0.3, -0.25) is 4.68 Å². The van der Waals surface area contributed by atoms with Crippen molar-refractivity contribution < 1.29 is 14.3 Å². The number of rotatable bonds is 4. The molecular formula is C21H28N6O3. The van der Waals surface area contributed by atoms with Crippen molar-refractivity contribution in [2.45, 2.75) is 57.8 Å². The number of ether oxygens (including phenoxy) is 2. The predicted molar refractivity (Wildman–Crippen MR) is 111 cm³/mol. The Morgan fingerprint density at radius 2 is 2.00 bits per heavy atom. The van der Waals surface area contributed by atoms with E-state index in [4.69, 9.17) is 14.5 Å². The third-order valence-electron chi connectivity index (χ3n) is 5.26. The maximum absolute atomic E-state index is 12.3. The normalized spacial score (nSPS) is 21.3. The zero-order chi connectivity index (χ0) is 21.7. The molecule has 3 aromatic rings. The number of amides is 1. The van der Waals surface area contributed by atoms with Crippen LogP contribution >= 0.6 is 0 Å². The van der Waals surface area contributed by atoms with E-state index in [2.05, 4.69) is 10.2 Å². The van der Waals surface area contributed by atoms with Gasteiger partial charge >= 0.3 is 6.09 Å². The molecule has 9 nitrogen and oxygen atoms in total. The summed E-state index contributed by atoms with van der Waals surface area (Å²) >= 11 is 0. The lowest BCUT2D eigenvalue weighted by molar-refractivity contribution is -0.0588. The third-order valence-corrected chi connectivity index (χ3v) is 5.26. The van der Waals surface area contributed by atoms with Crippen molar-refractivity contribution >= 4 is 11.6 Å². The number of fused-ring (bicyclic) bond motifs is 1. The van der Waals surface area contributed by atoms with E-state index in [0.717, 1.165) is 16.8 Å². The van der Waals surface area contributed by atoms with Gasteiger partial charge in [-0.05, 0) is 33.8 Å². The Labute approximate surface area is 175 Å². The van der Waals surface area contributed by atoms with E-state index in [0.29, 0.717) is 18.7 Å². The number of aryl methyl sites for hydroxylation is 1. The first-order valence-electron chi connectivity index (χ1n) is 10.0. The molecule has 1 amide bonds. The molecule has 0 atom stereocenters. The SMILES string of the molecule is Cn1cc(-c2cn3nccc3c(O[C@]3(C)C[C@@H](N(C)C(=O)OC(C)(C)C)C3)n2)cn1. The number of carbonyl (C=O) groups excluding carboxylic acids is 1. The molecule has 9 heteroatoms. The standard InChI is InChI=1S/C21H28N6O3/c1-20(2,3)30-19(28)26(6)15-9-21(4,10-15)29-18-17-7-8-22-27(17)13-16(24-18)14-11-23-25(5)12-14/h7-8,11-13,15H,9-10H2,1-6H3/t15-,21-. The minimum Gasteiger partial charge on any atom is -0.470 e. The Morgan fingerprint density at radius 1 is 1.27 bits per heavy atom. The predicted octanol–water partition coefficient (Wildman–Crippen LogP) is 3.30. The molecule has 0 aromatic carbocycles. The fourth-order valence-electron chi connectivity index (χ4n) is 3.68. The molecule has 0 aliphatic heterocycles. The first-order valence-corrected chi connectivity index (χ1v) is 10.0. The fraction of sp³-hybridized carbons (Fsp3) is 0.524. The lowest BCUT2D eigenvalue weighted by Crippen LogP contribution is -2.57. The highest BCUT2D eigenvalue weighted by Crippen LogP contribution is 2.40. The molecule has 0 bridgehead atoms. The van der Waals surface area contributed by atoms with Crippen molar-refractivity contribution in [3.8, 4) is 17.1 Å². The molecule has 3 heterocycles. The highest BCUT2D eigenvalue weighted by atomic mass is 16.6. The van der Waals surface area contributed by atoms with Gasteiger partial charge in [0.05, 0.1) is 24.3 Å². The van der Waals surface area contributed by atoms with Gasteiger partial charge in [-0.2, -0.15) is 10.2 Å². The average Bonchev–Trinajstić information content (AvgIpc) is 3.26. The van der Waals surface area contributed by atoms with Crippen molar-refractivity contribution in [3.05, 3.63) is 30.9 Å². The first-order chi connectivity index (χ1) is 14.0. The lowest BCUT2D eigenvalue weighted by Gasteiger charge is -2.48. The van der Waals surface area contributed by atoms with Crippen molar-refractivity contribution in [1.82, 2.24) is 29.3 Å². The molecule has 0 unspecified atom stereocenters. The van der Waals surface area contributed by atoms with Crippen molar-refractivity contribution in [3.63, 3.8) is 0 Å². The Hall–Kier alpha value is -3.10. The van der Waals surface area contributed by atoms with E-state index in [1.807, 2.05) is 53.2 Å². The second-order valence-corrected chi connectivity index (χ2v) is 9.20. The Bertz CT molecular complexity index is 1070. The van der Waals surface area contributed by atoms with E-state index in [1.54, 1.807) is 33.5 Å². The zero-order valence-electron chi connectivity index (χ0n) is 18.3. The van der Waals surface area contributed by atoms with Crippen LogP contribution in [0.5, 0.6) is 5.88 Å². The molecule has 0 spiro atoms. The molecule has 0 N–H and O–H groups in total. The molecule has 1 aliphatic rings. The highest BCUT2D eigenvalue weighted by Gasteiger charge is 2.47. The minimum absolute atomic E-state index is 0.0623. The molecule has 3 aromatic heterocycles. The summed E-state index contributed by atoms with van der Waals surface area (Å²) in [6.07, 6.45) is 8.32. The molecule has 1 saturated carbocycles. The Morgan fingerprint density at radius 3 is 2.63 bits per heavy atom. The van der Waals surface area contributed by atoms with Crippen LogP contribution in [0.4, 0.5) is 4.79 Å². The molecule has 1 aliphatic carbocycles. The smallest absolute Gasteiger partial charge is 0.410 e. The summed E-state index contributed by atoms with van der Waals surface area (Å²) in [4.78, 5) is 18.7. The second-order valence-electron chi connectivity index (χ2n) is 9.20. The van der Waals surface area contributed by atoms with Crippen LogP contribution < -0.4 is 4.74 Å². The Balaban J connectivity index is 1.51. The molecule has 160 valence electrons. The van der Waals surface area contributed by atoms with Crippen LogP contribution in [0.25, 0.3) is 16.8 Å².